The Balaban J connectivity index is 2.03. The highest BCUT2D eigenvalue weighted by molar-refractivity contribution is 7.89. The van der Waals surface area contributed by atoms with E-state index < -0.39 is 16.2 Å². The van der Waals surface area contributed by atoms with Crippen LogP contribution >= 0.6 is 0 Å². The molecule has 2 aromatic rings. The summed E-state index contributed by atoms with van der Waals surface area (Å²) in [7, 11) is 0.186. The van der Waals surface area contributed by atoms with E-state index in [9.17, 15) is 13.2 Å². The number of sulfonamides is 1. The number of hydrogen-bond donors (Lipinski definition) is 0. The Labute approximate surface area is 154 Å². The Morgan fingerprint density at radius 3 is 2.15 bits per heavy atom. The fourth-order valence-corrected chi connectivity index (χ4v) is 4.80. The maximum atomic E-state index is 13.1. The largest absolute Gasteiger partial charge is 0.378 e. The molecule has 6 nitrogen and oxygen atoms in total. The molecular formula is C19H23N3O3S. The van der Waals surface area contributed by atoms with Crippen LogP contribution in [0, 0.1) is 0 Å². The van der Waals surface area contributed by atoms with Crippen molar-refractivity contribution in [2.75, 3.05) is 32.1 Å². The third-order valence-electron chi connectivity index (χ3n) is 4.59. The second kappa shape index (κ2) is 7.09. The van der Waals surface area contributed by atoms with E-state index in [-0.39, 0.29) is 17.3 Å². The predicted molar refractivity (Wildman–Crippen MR) is 101 cm³/mol. The molecule has 1 heterocycles. The van der Waals surface area contributed by atoms with Gasteiger partial charge in [0.05, 0.1) is 4.90 Å². The van der Waals surface area contributed by atoms with Crippen LogP contribution in [0.15, 0.2) is 59.5 Å². The molecule has 0 N–H and O–H groups in total. The van der Waals surface area contributed by atoms with Gasteiger partial charge in [-0.25, -0.2) is 8.42 Å². The van der Waals surface area contributed by atoms with Gasteiger partial charge in [-0.2, -0.15) is 4.31 Å². The molecule has 0 saturated carbocycles. The molecule has 1 fully saturated rings. The minimum atomic E-state index is -3.70. The molecule has 1 aliphatic rings. The van der Waals surface area contributed by atoms with E-state index >= 15 is 0 Å². The van der Waals surface area contributed by atoms with Crippen LogP contribution in [0.3, 0.4) is 0 Å². The number of amides is 1. The van der Waals surface area contributed by atoms with Gasteiger partial charge in [0.1, 0.15) is 6.17 Å². The van der Waals surface area contributed by atoms with Crippen LogP contribution in [0.5, 0.6) is 0 Å². The number of hydrogen-bond acceptors (Lipinski definition) is 4. The molecule has 0 bridgehead atoms. The highest BCUT2D eigenvalue weighted by Crippen LogP contribution is 2.35. The molecule has 2 aromatic carbocycles. The van der Waals surface area contributed by atoms with E-state index in [2.05, 4.69) is 0 Å². The van der Waals surface area contributed by atoms with E-state index in [1.165, 1.54) is 11.2 Å². The molecule has 1 unspecified atom stereocenters. The molecule has 0 aromatic heterocycles. The molecule has 0 aliphatic carbocycles. The zero-order valence-corrected chi connectivity index (χ0v) is 16.0. The van der Waals surface area contributed by atoms with Gasteiger partial charge in [0.15, 0.2) is 0 Å². The van der Waals surface area contributed by atoms with Crippen LogP contribution in [0.4, 0.5) is 5.69 Å². The van der Waals surface area contributed by atoms with Crippen molar-refractivity contribution in [2.24, 2.45) is 0 Å². The summed E-state index contributed by atoms with van der Waals surface area (Å²) in [5.41, 5.74) is 1.79. The SMILES string of the molecule is CC(=O)N1CCN(S(=O)(=O)c2ccccc2)C1c1ccc(N(C)C)cc1. The van der Waals surface area contributed by atoms with Gasteiger partial charge in [0, 0.05) is 39.8 Å². The molecule has 1 aliphatic heterocycles. The van der Waals surface area contributed by atoms with Gasteiger partial charge in [-0.3, -0.25) is 4.79 Å². The van der Waals surface area contributed by atoms with Crippen LogP contribution in [0.1, 0.15) is 18.7 Å². The normalized spacial score (nSPS) is 18.1. The zero-order chi connectivity index (χ0) is 18.9. The number of rotatable bonds is 4. The van der Waals surface area contributed by atoms with Gasteiger partial charge in [-0.05, 0) is 29.8 Å². The van der Waals surface area contributed by atoms with E-state index in [0.717, 1.165) is 11.3 Å². The first-order chi connectivity index (χ1) is 12.3. The first-order valence-electron chi connectivity index (χ1n) is 8.44. The van der Waals surface area contributed by atoms with E-state index in [1.807, 2.05) is 43.3 Å². The molecule has 1 saturated heterocycles. The zero-order valence-electron chi connectivity index (χ0n) is 15.2. The van der Waals surface area contributed by atoms with Crippen LogP contribution in [0.2, 0.25) is 0 Å². The second-order valence-corrected chi connectivity index (χ2v) is 8.39. The third-order valence-corrected chi connectivity index (χ3v) is 6.46. The minimum absolute atomic E-state index is 0.141. The van der Waals surface area contributed by atoms with Gasteiger partial charge in [0.2, 0.25) is 15.9 Å². The summed E-state index contributed by atoms with van der Waals surface area (Å²) in [6.45, 7) is 2.12. The van der Waals surface area contributed by atoms with Gasteiger partial charge in [0.25, 0.3) is 0 Å². The van der Waals surface area contributed by atoms with Crippen molar-refractivity contribution in [3.05, 3.63) is 60.2 Å². The van der Waals surface area contributed by atoms with Crippen molar-refractivity contribution in [2.45, 2.75) is 18.0 Å². The van der Waals surface area contributed by atoms with Gasteiger partial charge < -0.3 is 9.80 Å². The predicted octanol–water partition coefficient (Wildman–Crippen LogP) is 2.30. The lowest BCUT2D eigenvalue weighted by Crippen LogP contribution is -2.37. The highest BCUT2D eigenvalue weighted by atomic mass is 32.2. The Morgan fingerprint density at radius 1 is 1.00 bits per heavy atom. The highest BCUT2D eigenvalue weighted by Gasteiger charge is 2.42. The van der Waals surface area contributed by atoms with Crippen LogP contribution in [-0.4, -0.2) is 50.7 Å². The Bertz CT molecular complexity index is 880. The summed E-state index contributed by atoms with van der Waals surface area (Å²) >= 11 is 0. The summed E-state index contributed by atoms with van der Waals surface area (Å²) in [5, 5.41) is 0. The molecule has 0 radical (unpaired) electrons. The number of benzene rings is 2. The molecule has 0 spiro atoms. The van der Waals surface area contributed by atoms with Crippen LogP contribution in [0.25, 0.3) is 0 Å². The lowest BCUT2D eigenvalue weighted by atomic mass is 10.1. The summed E-state index contributed by atoms with van der Waals surface area (Å²) in [6.07, 6.45) is -0.631. The number of anilines is 1. The van der Waals surface area contributed by atoms with Crippen molar-refractivity contribution in [3.8, 4) is 0 Å². The number of nitrogens with zero attached hydrogens (tertiary/aromatic N) is 3. The Kier molecular flexibility index (Phi) is 5.02. The van der Waals surface area contributed by atoms with Gasteiger partial charge in [-0.15, -0.1) is 0 Å². The third kappa shape index (κ3) is 3.32. The lowest BCUT2D eigenvalue weighted by Gasteiger charge is -2.29. The smallest absolute Gasteiger partial charge is 0.245 e. The fraction of sp³-hybridized carbons (Fsp3) is 0.316. The van der Waals surface area contributed by atoms with E-state index in [0.29, 0.717) is 6.54 Å². The molecule has 7 heteroatoms. The van der Waals surface area contributed by atoms with Crippen molar-refractivity contribution in [3.63, 3.8) is 0 Å². The van der Waals surface area contributed by atoms with Crippen molar-refractivity contribution >= 4 is 21.6 Å². The topological polar surface area (TPSA) is 60.9 Å². The average molecular weight is 373 g/mol. The standard InChI is InChI=1S/C19H23N3O3S/c1-15(23)21-13-14-22(26(24,25)18-7-5-4-6-8-18)19(21)16-9-11-17(12-10-16)20(2)3/h4-12,19H,13-14H2,1-3H3. The first-order valence-corrected chi connectivity index (χ1v) is 9.88. The quantitative estimate of drug-likeness (QED) is 0.825. The van der Waals surface area contributed by atoms with Crippen molar-refractivity contribution < 1.29 is 13.2 Å². The average Bonchev–Trinajstić information content (AvgIpc) is 3.08. The number of carbonyl (C=O) groups is 1. The lowest BCUT2D eigenvalue weighted by molar-refractivity contribution is -0.130. The molecule has 26 heavy (non-hydrogen) atoms. The summed E-state index contributed by atoms with van der Waals surface area (Å²) in [6, 6.07) is 16.0. The van der Waals surface area contributed by atoms with Crippen LogP contribution in [-0.2, 0) is 14.8 Å². The summed E-state index contributed by atoms with van der Waals surface area (Å²) < 4.78 is 27.7. The molecular weight excluding hydrogens is 350 g/mol. The summed E-state index contributed by atoms with van der Waals surface area (Å²) in [5.74, 6) is -0.141. The van der Waals surface area contributed by atoms with E-state index in [1.54, 1.807) is 35.2 Å². The Morgan fingerprint density at radius 2 is 1.62 bits per heavy atom. The van der Waals surface area contributed by atoms with E-state index in [4.69, 9.17) is 0 Å². The monoisotopic (exact) mass is 373 g/mol. The summed E-state index contributed by atoms with van der Waals surface area (Å²) in [4.78, 5) is 15.9. The fourth-order valence-electron chi connectivity index (χ4n) is 3.21. The van der Waals surface area contributed by atoms with Crippen LogP contribution < -0.4 is 4.90 Å². The Hall–Kier alpha value is -2.38. The number of carbonyl (C=O) groups excluding carboxylic acids is 1. The van der Waals surface area contributed by atoms with Gasteiger partial charge >= 0.3 is 0 Å². The molecule has 1 amide bonds. The van der Waals surface area contributed by atoms with Crippen molar-refractivity contribution in [1.29, 1.82) is 0 Å². The maximum absolute atomic E-state index is 13.1. The maximum Gasteiger partial charge on any atom is 0.245 e. The minimum Gasteiger partial charge on any atom is -0.378 e. The second-order valence-electron chi connectivity index (χ2n) is 6.50. The first kappa shape index (κ1) is 18.4. The van der Waals surface area contributed by atoms with Crippen molar-refractivity contribution in [1.82, 2.24) is 9.21 Å². The molecule has 138 valence electrons. The van der Waals surface area contributed by atoms with Gasteiger partial charge in [-0.1, -0.05) is 30.3 Å². The molecule has 1 atom stereocenters. The molecule has 3 rings (SSSR count).